The van der Waals surface area contributed by atoms with E-state index in [1.165, 1.54) is 17.4 Å². The number of benzene rings is 2. The number of aromatic nitrogens is 1. The van der Waals surface area contributed by atoms with Crippen molar-refractivity contribution in [3.8, 4) is 10.6 Å². The van der Waals surface area contributed by atoms with Crippen molar-refractivity contribution < 1.29 is 4.79 Å². The van der Waals surface area contributed by atoms with E-state index >= 15 is 0 Å². The Morgan fingerprint density at radius 3 is 2.45 bits per heavy atom. The lowest BCUT2D eigenvalue weighted by molar-refractivity contribution is 0.104. The molecule has 6 heteroatoms. The molecule has 0 spiro atoms. The molecule has 3 nitrogen and oxygen atoms in total. The Kier molecular flexibility index (Phi) is 4.16. The number of nitrogens with zero attached hydrogens (tertiary/aromatic N) is 1. The lowest BCUT2D eigenvalue weighted by Gasteiger charge is -2.01. The fourth-order valence-electron chi connectivity index (χ4n) is 1.97. The maximum Gasteiger partial charge on any atom is 0.206 e. The van der Waals surface area contributed by atoms with Crippen LogP contribution in [0.25, 0.3) is 10.6 Å². The van der Waals surface area contributed by atoms with Gasteiger partial charge in [-0.1, -0.05) is 53.5 Å². The molecule has 0 radical (unpaired) electrons. The maximum absolute atomic E-state index is 12.6. The minimum Gasteiger partial charge on any atom is -0.382 e. The van der Waals surface area contributed by atoms with Crippen LogP contribution >= 0.6 is 34.5 Å². The number of nitrogens with two attached hydrogens (primary N) is 1. The molecule has 2 aromatic carbocycles. The molecule has 2 N–H and O–H groups in total. The van der Waals surface area contributed by atoms with E-state index in [2.05, 4.69) is 4.98 Å². The molecule has 0 aliphatic heterocycles. The highest BCUT2D eigenvalue weighted by Gasteiger charge is 2.19. The highest BCUT2D eigenvalue weighted by molar-refractivity contribution is 7.17. The zero-order valence-electron chi connectivity index (χ0n) is 11.2. The van der Waals surface area contributed by atoms with Crippen LogP contribution in [0.5, 0.6) is 0 Å². The summed E-state index contributed by atoms with van der Waals surface area (Å²) in [6.07, 6.45) is 0. The molecule has 22 heavy (non-hydrogen) atoms. The molecule has 1 aromatic heterocycles. The fraction of sp³-hybridized carbons (Fsp3) is 0. The van der Waals surface area contributed by atoms with Crippen LogP contribution in [-0.2, 0) is 0 Å². The SMILES string of the molecule is Nc1nc(-c2ccccc2)sc1C(=O)c1ccc(Cl)c(Cl)c1. The van der Waals surface area contributed by atoms with E-state index < -0.39 is 0 Å². The van der Waals surface area contributed by atoms with Gasteiger partial charge in [0.25, 0.3) is 0 Å². The van der Waals surface area contributed by atoms with Crippen LogP contribution in [0.4, 0.5) is 5.82 Å². The van der Waals surface area contributed by atoms with Crippen LogP contribution in [0.15, 0.2) is 48.5 Å². The standard InChI is InChI=1S/C16H10Cl2N2OS/c17-11-7-6-10(8-12(11)18)13(21)14-15(19)20-16(22-14)9-4-2-1-3-5-9/h1-8H,19H2. The van der Waals surface area contributed by atoms with Crippen LogP contribution in [0.2, 0.25) is 10.0 Å². The van der Waals surface area contributed by atoms with Crippen molar-refractivity contribution in [2.45, 2.75) is 0 Å². The van der Waals surface area contributed by atoms with Gasteiger partial charge in [0.2, 0.25) is 5.78 Å². The van der Waals surface area contributed by atoms with Crippen molar-refractivity contribution in [2.75, 3.05) is 5.73 Å². The van der Waals surface area contributed by atoms with Crippen LogP contribution in [-0.4, -0.2) is 10.8 Å². The first-order valence-corrected chi connectivity index (χ1v) is 7.95. The molecule has 0 atom stereocenters. The van der Waals surface area contributed by atoms with Crippen molar-refractivity contribution in [3.63, 3.8) is 0 Å². The van der Waals surface area contributed by atoms with E-state index in [-0.39, 0.29) is 11.6 Å². The zero-order chi connectivity index (χ0) is 15.7. The molecule has 0 unspecified atom stereocenters. The molecule has 0 fully saturated rings. The third-order valence-corrected chi connectivity index (χ3v) is 4.92. The summed E-state index contributed by atoms with van der Waals surface area (Å²) in [7, 11) is 0. The molecule has 0 aliphatic rings. The summed E-state index contributed by atoms with van der Waals surface area (Å²) in [6.45, 7) is 0. The van der Waals surface area contributed by atoms with E-state index in [1.807, 2.05) is 30.3 Å². The van der Waals surface area contributed by atoms with Gasteiger partial charge in [-0.25, -0.2) is 4.98 Å². The summed E-state index contributed by atoms with van der Waals surface area (Å²) in [5.74, 6) is 0.00988. The maximum atomic E-state index is 12.6. The topological polar surface area (TPSA) is 56.0 Å². The number of nitrogen functional groups attached to an aromatic ring is 1. The Balaban J connectivity index is 2.00. The lowest BCUT2D eigenvalue weighted by Crippen LogP contribution is -2.02. The number of halogens is 2. The first-order chi connectivity index (χ1) is 10.6. The van der Waals surface area contributed by atoms with Crippen LogP contribution in [0, 0.1) is 0 Å². The van der Waals surface area contributed by atoms with Gasteiger partial charge in [-0.3, -0.25) is 4.79 Å². The summed E-state index contributed by atoms with van der Waals surface area (Å²) in [4.78, 5) is 17.2. The molecule has 3 aromatic rings. The van der Waals surface area contributed by atoms with Gasteiger partial charge in [-0.2, -0.15) is 0 Å². The minimum atomic E-state index is -0.212. The normalized spacial score (nSPS) is 10.6. The summed E-state index contributed by atoms with van der Waals surface area (Å²) in [5.41, 5.74) is 7.26. The third-order valence-electron chi connectivity index (χ3n) is 3.06. The smallest absolute Gasteiger partial charge is 0.206 e. The average Bonchev–Trinajstić information content (AvgIpc) is 2.92. The third kappa shape index (κ3) is 2.86. The highest BCUT2D eigenvalue weighted by atomic mass is 35.5. The molecule has 110 valence electrons. The van der Waals surface area contributed by atoms with Crippen molar-refractivity contribution in [1.29, 1.82) is 0 Å². The number of ketones is 1. The second-order valence-electron chi connectivity index (χ2n) is 4.56. The number of carbonyl (C=O) groups excluding carboxylic acids is 1. The fourth-order valence-corrected chi connectivity index (χ4v) is 3.22. The Morgan fingerprint density at radius 2 is 1.77 bits per heavy atom. The number of carbonyl (C=O) groups is 1. The van der Waals surface area contributed by atoms with Gasteiger partial charge in [0.1, 0.15) is 15.7 Å². The molecule has 1 heterocycles. The summed E-state index contributed by atoms with van der Waals surface area (Å²) < 4.78 is 0. The number of hydrogen-bond acceptors (Lipinski definition) is 4. The van der Waals surface area contributed by atoms with Gasteiger partial charge in [0, 0.05) is 11.1 Å². The van der Waals surface area contributed by atoms with Crippen molar-refractivity contribution >= 4 is 46.1 Å². The van der Waals surface area contributed by atoms with E-state index in [0.717, 1.165) is 5.56 Å². The van der Waals surface area contributed by atoms with Crippen molar-refractivity contribution in [2.24, 2.45) is 0 Å². The summed E-state index contributed by atoms with van der Waals surface area (Å²) in [6, 6.07) is 14.3. The van der Waals surface area contributed by atoms with Gasteiger partial charge in [0.05, 0.1) is 10.0 Å². The molecule has 0 saturated heterocycles. The number of thiazole rings is 1. The van der Waals surface area contributed by atoms with Crippen LogP contribution in [0.1, 0.15) is 15.2 Å². The second-order valence-corrected chi connectivity index (χ2v) is 6.37. The van der Waals surface area contributed by atoms with E-state index in [4.69, 9.17) is 28.9 Å². The minimum absolute atomic E-state index is 0.212. The second kappa shape index (κ2) is 6.08. The van der Waals surface area contributed by atoms with E-state index in [9.17, 15) is 4.79 Å². The molecule has 0 aliphatic carbocycles. The Labute approximate surface area is 141 Å². The molecule has 0 saturated carbocycles. The highest BCUT2D eigenvalue weighted by Crippen LogP contribution is 2.32. The molecular formula is C16H10Cl2N2OS. The van der Waals surface area contributed by atoms with Crippen molar-refractivity contribution in [1.82, 2.24) is 4.98 Å². The predicted molar refractivity (Wildman–Crippen MR) is 91.9 cm³/mol. The zero-order valence-corrected chi connectivity index (χ0v) is 13.5. The van der Waals surface area contributed by atoms with Gasteiger partial charge in [0.15, 0.2) is 0 Å². The van der Waals surface area contributed by atoms with E-state index in [1.54, 1.807) is 12.1 Å². The predicted octanol–water partition coefficient (Wildman–Crippen LogP) is 4.93. The van der Waals surface area contributed by atoms with E-state index in [0.29, 0.717) is 25.5 Å². The molecular weight excluding hydrogens is 339 g/mol. The largest absolute Gasteiger partial charge is 0.382 e. The molecule has 0 amide bonds. The lowest BCUT2D eigenvalue weighted by atomic mass is 10.1. The monoisotopic (exact) mass is 348 g/mol. The summed E-state index contributed by atoms with van der Waals surface area (Å²) in [5, 5.41) is 1.45. The van der Waals surface area contributed by atoms with Crippen molar-refractivity contribution in [3.05, 3.63) is 69.0 Å². The Bertz CT molecular complexity index is 847. The molecule has 3 rings (SSSR count). The Hall–Kier alpha value is -1.88. The average molecular weight is 349 g/mol. The van der Waals surface area contributed by atoms with Crippen LogP contribution < -0.4 is 5.73 Å². The number of rotatable bonds is 3. The molecule has 0 bridgehead atoms. The number of hydrogen-bond donors (Lipinski definition) is 1. The van der Waals surface area contributed by atoms with Crippen LogP contribution in [0.3, 0.4) is 0 Å². The summed E-state index contributed by atoms with van der Waals surface area (Å²) >= 11 is 13.1. The first kappa shape index (κ1) is 15.0. The number of anilines is 1. The van der Waals surface area contributed by atoms with Gasteiger partial charge in [-0.05, 0) is 18.2 Å². The van der Waals surface area contributed by atoms with Gasteiger partial charge in [-0.15, -0.1) is 11.3 Å². The van der Waals surface area contributed by atoms with Gasteiger partial charge < -0.3 is 5.73 Å². The van der Waals surface area contributed by atoms with Gasteiger partial charge >= 0.3 is 0 Å². The Morgan fingerprint density at radius 1 is 1.05 bits per heavy atom. The first-order valence-electron chi connectivity index (χ1n) is 6.37. The quantitative estimate of drug-likeness (QED) is 0.682.